The van der Waals surface area contributed by atoms with Crippen molar-refractivity contribution < 1.29 is 4.42 Å². The van der Waals surface area contributed by atoms with Crippen LogP contribution in [0.15, 0.2) is 22.8 Å². The molecule has 0 radical (unpaired) electrons. The van der Waals surface area contributed by atoms with Crippen LogP contribution in [0.2, 0.25) is 0 Å². The average Bonchev–Trinajstić information content (AvgIpc) is 2.90. The largest absolute Gasteiger partial charge is 0.468 e. The minimum Gasteiger partial charge on any atom is -0.468 e. The van der Waals surface area contributed by atoms with Crippen molar-refractivity contribution in [3.05, 3.63) is 24.2 Å². The first-order chi connectivity index (χ1) is 9.67. The van der Waals surface area contributed by atoms with Gasteiger partial charge in [-0.1, -0.05) is 13.8 Å². The normalized spacial score (nSPS) is 25.3. The minimum atomic E-state index is 0.124. The van der Waals surface area contributed by atoms with Gasteiger partial charge in [-0.2, -0.15) is 0 Å². The van der Waals surface area contributed by atoms with Gasteiger partial charge in [-0.15, -0.1) is 0 Å². The van der Waals surface area contributed by atoms with E-state index in [-0.39, 0.29) is 12.1 Å². The lowest BCUT2D eigenvalue weighted by atomic mass is 9.99. The van der Waals surface area contributed by atoms with Crippen LogP contribution in [0.25, 0.3) is 0 Å². The molecule has 114 valence electrons. The van der Waals surface area contributed by atoms with E-state index in [0.717, 1.165) is 31.7 Å². The third-order valence-electron chi connectivity index (χ3n) is 4.49. The van der Waals surface area contributed by atoms with Crippen LogP contribution < -0.4 is 5.73 Å². The van der Waals surface area contributed by atoms with E-state index in [1.54, 1.807) is 6.26 Å². The van der Waals surface area contributed by atoms with Crippen LogP contribution in [-0.2, 0) is 0 Å². The monoisotopic (exact) mass is 279 g/mol. The van der Waals surface area contributed by atoms with Crippen LogP contribution in [0.3, 0.4) is 0 Å². The fraction of sp³-hybridized carbons (Fsp3) is 0.750. The molecule has 0 aromatic carbocycles. The van der Waals surface area contributed by atoms with Crippen molar-refractivity contribution in [1.82, 2.24) is 9.80 Å². The highest BCUT2D eigenvalue weighted by molar-refractivity contribution is 5.09. The number of furan rings is 1. The molecule has 0 amide bonds. The van der Waals surface area contributed by atoms with Gasteiger partial charge in [-0.3, -0.25) is 4.90 Å². The van der Waals surface area contributed by atoms with Crippen LogP contribution >= 0.6 is 0 Å². The lowest BCUT2D eigenvalue weighted by molar-refractivity contribution is 0.0941. The van der Waals surface area contributed by atoms with Crippen LogP contribution in [0.5, 0.6) is 0 Å². The highest BCUT2D eigenvalue weighted by Gasteiger charge is 2.33. The van der Waals surface area contributed by atoms with Gasteiger partial charge in [0.05, 0.1) is 12.3 Å². The van der Waals surface area contributed by atoms with Crippen molar-refractivity contribution in [2.45, 2.75) is 51.2 Å². The summed E-state index contributed by atoms with van der Waals surface area (Å²) in [4.78, 5) is 5.02. The predicted molar refractivity (Wildman–Crippen MR) is 82.6 cm³/mol. The van der Waals surface area contributed by atoms with E-state index < -0.39 is 0 Å². The molecule has 4 nitrogen and oxygen atoms in total. The fourth-order valence-electron chi connectivity index (χ4n) is 3.29. The van der Waals surface area contributed by atoms with E-state index in [0.29, 0.717) is 6.04 Å². The maximum absolute atomic E-state index is 6.43. The molecule has 2 heterocycles. The summed E-state index contributed by atoms with van der Waals surface area (Å²) < 4.78 is 5.70. The molecule has 1 fully saturated rings. The molecule has 0 bridgehead atoms. The Kier molecular flexibility index (Phi) is 5.64. The average molecular weight is 279 g/mol. The van der Waals surface area contributed by atoms with Crippen molar-refractivity contribution in [2.24, 2.45) is 5.73 Å². The Bertz CT molecular complexity index is 379. The zero-order valence-electron chi connectivity index (χ0n) is 13.1. The SMILES string of the molecule is CCC(N)C(c1ccco1)N1CCCN(C)CC1CC. The smallest absolute Gasteiger partial charge is 0.122 e. The lowest BCUT2D eigenvalue weighted by Gasteiger charge is -2.38. The molecule has 1 saturated heterocycles. The molecule has 1 aromatic rings. The second-order valence-electron chi connectivity index (χ2n) is 5.95. The second-order valence-corrected chi connectivity index (χ2v) is 5.95. The molecule has 0 saturated carbocycles. The molecule has 0 aliphatic carbocycles. The molecule has 1 aliphatic rings. The highest BCUT2D eigenvalue weighted by Crippen LogP contribution is 2.30. The van der Waals surface area contributed by atoms with Gasteiger partial charge in [0, 0.05) is 25.2 Å². The molecule has 4 heteroatoms. The number of nitrogens with two attached hydrogens (primary N) is 1. The summed E-state index contributed by atoms with van der Waals surface area (Å²) >= 11 is 0. The van der Waals surface area contributed by atoms with E-state index >= 15 is 0 Å². The molecule has 0 spiro atoms. The van der Waals surface area contributed by atoms with Crippen LogP contribution in [0.1, 0.15) is 44.9 Å². The molecule has 3 unspecified atom stereocenters. The third kappa shape index (κ3) is 3.43. The Morgan fingerprint density at radius 3 is 2.80 bits per heavy atom. The van der Waals surface area contributed by atoms with Gasteiger partial charge >= 0.3 is 0 Å². The first-order valence-corrected chi connectivity index (χ1v) is 7.90. The summed E-state index contributed by atoms with van der Waals surface area (Å²) in [6.45, 7) is 7.81. The Labute approximate surface area is 122 Å². The van der Waals surface area contributed by atoms with E-state index in [9.17, 15) is 0 Å². The number of hydrogen-bond donors (Lipinski definition) is 1. The summed E-state index contributed by atoms with van der Waals surface area (Å²) in [5.74, 6) is 1.02. The number of hydrogen-bond acceptors (Lipinski definition) is 4. The molecular weight excluding hydrogens is 250 g/mol. The summed E-state index contributed by atoms with van der Waals surface area (Å²) in [7, 11) is 2.22. The van der Waals surface area contributed by atoms with Gasteiger partial charge in [0.15, 0.2) is 0 Å². The Balaban J connectivity index is 2.25. The van der Waals surface area contributed by atoms with E-state index in [1.165, 1.54) is 13.0 Å². The van der Waals surface area contributed by atoms with Crippen molar-refractivity contribution in [3.8, 4) is 0 Å². The third-order valence-corrected chi connectivity index (χ3v) is 4.49. The molecule has 2 N–H and O–H groups in total. The number of likely N-dealkylation sites (N-methyl/N-ethyl adjacent to an activating group) is 1. The molecule has 1 aliphatic heterocycles. The Morgan fingerprint density at radius 2 is 2.20 bits per heavy atom. The summed E-state index contributed by atoms with van der Waals surface area (Å²) in [6, 6.07) is 4.91. The fourth-order valence-corrected chi connectivity index (χ4v) is 3.29. The molecule has 2 rings (SSSR count). The topological polar surface area (TPSA) is 45.6 Å². The predicted octanol–water partition coefficient (Wildman–Crippen LogP) is 2.47. The van der Waals surface area contributed by atoms with Gasteiger partial charge in [0.1, 0.15) is 5.76 Å². The maximum atomic E-state index is 6.43. The lowest BCUT2D eigenvalue weighted by Crippen LogP contribution is -2.47. The van der Waals surface area contributed by atoms with Gasteiger partial charge in [-0.05, 0) is 45.0 Å². The standard InChI is InChI=1S/C16H29N3O/c1-4-13-12-18(3)9-7-10-19(13)16(14(17)5-2)15-8-6-11-20-15/h6,8,11,13-14,16H,4-5,7,9-10,12,17H2,1-3H3. The quantitative estimate of drug-likeness (QED) is 0.899. The minimum absolute atomic E-state index is 0.124. The van der Waals surface area contributed by atoms with Crippen molar-refractivity contribution in [1.29, 1.82) is 0 Å². The van der Waals surface area contributed by atoms with Crippen molar-refractivity contribution in [2.75, 3.05) is 26.7 Å². The van der Waals surface area contributed by atoms with Gasteiger partial charge in [0.25, 0.3) is 0 Å². The van der Waals surface area contributed by atoms with Crippen molar-refractivity contribution >= 4 is 0 Å². The zero-order chi connectivity index (χ0) is 14.5. The summed E-state index contributed by atoms with van der Waals surface area (Å²) in [5.41, 5.74) is 6.43. The van der Waals surface area contributed by atoms with E-state index in [2.05, 4.69) is 36.8 Å². The Morgan fingerprint density at radius 1 is 1.40 bits per heavy atom. The first-order valence-electron chi connectivity index (χ1n) is 7.90. The highest BCUT2D eigenvalue weighted by atomic mass is 16.3. The van der Waals surface area contributed by atoms with E-state index in [1.807, 2.05) is 6.07 Å². The van der Waals surface area contributed by atoms with Gasteiger partial charge in [0.2, 0.25) is 0 Å². The summed E-state index contributed by atoms with van der Waals surface area (Å²) in [6.07, 6.45) is 5.07. The van der Waals surface area contributed by atoms with Crippen LogP contribution in [-0.4, -0.2) is 48.6 Å². The molecular formula is C16H29N3O. The summed E-state index contributed by atoms with van der Waals surface area (Å²) in [5, 5.41) is 0. The maximum Gasteiger partial charge on any atom is 0.122 e. The van der Waals surface area contributed by atoms with Gasteiger partial charge < -0.3 is 15.1 Å². The first kappa shape index (κ1) is 15.5. The number of rotatable bonds is 5. The second kappa shape index (κ2) is 7.25. The van der Waals surface area contributed by atoms with Crippen molar-refractivity contribution in [3.63, 3.8) is 0 Å². The molecule has 3 atom stereocenters. The zero-order valence-corrected chi connectivity index (χ0v) is 13.1. The van der Waals surface area contributed by atoms with Crippen LogP contribution in [0.4, 0.5) is 0 Å². The number of nitrogens with zero attached hydrogens (tertiary/aromatic N) is 2. The van der Waals surface area contributed by atoms with E-state index in [4.69, 9.17) is 10.2 Å². The van der Waals surface area contributed by atoms with Crippen LogP contribution in [0, 0.1) is 0 Å². The molecule has 1 aromatic heterocycles. The van der Waals surface area contributed by atoms with Gasteiger partial charge in [-0.25, -0.2) is 0 Å². The Hall–Kier alpha value is -0.840. The molecule has 20 heavy (non-hydrogen) atoms.